The number of rotatable bonds is 8. The Hall–Kier alpha value is -3.80. The normalized spacial score (nSPS) is 10.7. The van der Waals surface area contributed by atoms with E-state index in [1.807, 2.05) is 60.7 Å². The summed E-state index contributed by atoms with van der Waals surface area (Å²) in [6.07, 6.45) is 1.44. The van der Waals surface area contributed by atoms with Crippen molar-refractivity contribution in [2.75, 3.05) is 4.90 Å². The first kappa shape index (κ1) is 20.5. The Morgan fingerprint density at radius 3 is 2.29 bits per heavy atom. The fourth-order valence-corrected chi connectivity index (χ4v) is 3.30. The number of halogens is 1. The van der Waals surface area contributed by atoms with Gasteiger partial charge in [0.2, 0.25) is 17.6 Å². The van der Waals surface area contributed by atoms with Gasteiger partial charge in [0.15, 0.2) is 0 Å². The maximum Gasteiger partial charge on any atom is 0.227 e. The molecule has 1 heterocycles. The molecule has 4 rings (SSSR count). The van der Waals surface area contributed by atoms with E-state index >= 15 is 0 Å². The number of amides is 1. The molecule has 4 aromatic rings. The summed E-state index contributed by atoms with van der Waals surface area (Å²) >= 11 is 0. The van der Waals surface area contributed by atoms with Gasteiger partial charge in [0.1, 0.15) is 5.82 Å². The zero-order valence-electron chi connectivity index (χ0n) is 16.9. The summed E-state index contributed by atoms with van der Waals surface area (Å²) in [5.41, 5.74) is 2.62. The Balaban J connectivity index is 1.38. The molecule has 0 aliphatic carbocycles. The van der Waals surface area contributed by atoms with Crippen molar-refractivity contribution in [2.45, 2.75) is 25.8 Å². The second-order valence-electron chi connectivity index (χ2n) is 7.17. The van der Waals surface area contributed by atoms with Gasteiger partial charge in [-0.2, -0.15) is 4.98 Å². The van der Waals surface area contributed by atoms with E-state index in [1.165, 1.54) is 12.1 Å². The number of para-hydroxylation sites is 1. The number of nitrogens with zero attached hydrogens (tertiary/aromatic N) is 3. The Kier molecular flexibility index (Phi) is 6.47. The minimum Gasteiger partial charge on any atom is -0.339 e. The number of carbonyl (C=O) groups excluding carboxylic acids is 1. The van der Waals surface area contributed by atoms with Crippen LogP contribution in [0.2, 0.25) is 0 Å². The fourth-order valence-electron chi connectivity index (χ4n) is 3.30. The van der Waals surface area contributed by atoms with Crippen LogP contribution in [-0.4, -0.2) is 16.0 Å². The van der Waals surface area contributed by atoms with Crippen LogP contribution in [0, 0.1) is 5.82 Å². The van der Waals surface area contributed by atoms with E-state index in [-0.39, 0.29) is 11.7 Å². The Morgan fingerprint density at radius 1 is 0.903 bits per heavy atom. The molecule has 31 heavy (non-hydrogen) atoms. The SMILES string of the molecule is O=C(CCCc1nc(-c2ccc(F)cc2)no1)N(Cc1ccccc1)c1ccccc1. The van der Waals surface area contributed by atoms with Gasteiger partial charge in [-0.1, -0.05) is 53.7 Å². The summed E-state index contributed by atoms with van der Waals surface area (Å²) in [6, 6.07) is 25.5. The number of carbonyl (C=O) groups is 1. The monoisotopic (exact) mass is 415 g/mol. The summed E-state index contributed by atoms with van der Waals surface area (Å²) in [5, 5.41) is 3.95. The summed E-state index contributed by atoms with van der Waals surface area (Å²) < 4.78 is 18.4. The van der Waals surface area contributed by atoms with Crippen LogP contribution < -0.4 is 4.90 Å². The van der Waals surface area contributed by atoms with Gasteiger partial charge in [0, 0.05) is 24.1 Å². The highest BCUT2D eigenvalue weighted by Gasteiger charge is 2.17. The first-order valence-electron chi connectivity index (χ1n) is 10.2. The highest BCUT2D eigenvalue weighted by molar-refractivity contribution is 5.93. The van der Waals surface area contributed by atoms with Crippen LogP contribution in [0.4, 0.5) is 10.1 Å². The van der Waals surface area contributed by atoms with Crippen LogP contribution in [0.3, 0.4) is 0 Å². The van der Waals surface area contributed by atoms with Gasteiger partial charge in [-0.15, -0.1) is 0 Å². The van der Waals surface area contributed by atoms with Crippen LogP contribution in [-0.2, 0) is 17.8 Å². The number of aryl methyl sites for hydroxylation is 1. The molecule has 0 saturated carbocycles. The maximum absolute atomic E-state index is 13.1. The summed E-state index contributed by atoms with van der Waals surface area (Å²) in [6.45, 7) is 0.513. The van der Waals surface area contributed by atoms with Crippen LogP contribution >= 0.6 is 0 Å². The van der Waals surface area contributed by atoms with Crippen molar-refractivity contribution in [3.63, 3.8) is 0 Å². The summed E-state index contributed by atoms with van der Waals surface area (Å²) in [4.78, 5) is 19.2. The Bertz CT molecular complexity index is 1110. The summed E-state index contributed by atoms with van der Waals surface area (Å²) in [5.74, 6) is 0.593. The molecule has 1 amide bonds. The average Bonchev–Trinajstić information content (AvgIpc) is 3.28. The van der Waals surface area contributed by atoms with Crippen molar-refractivity contribution < 1.29 is 13.7 Å². The molecule has 0 spiro atoms. The van der Waals surface area contributed by atoms with Crippen molar-refractivity contribution in [3.05, 3.63) is 102 Å². The van der Waals surface area contributed by atoms with E-state index in [0.29, 0.717) is 43.1 Å². The van der Waals surface area contributed by atoms with Crippen molar-refractivity contribution in [1.29, 1.82) is 0 Å². The lowest BCUT2D eigenvalue weighted by Crippen LogP contribution is -2.30. The first-order valence-corrected chi connectivity index (χ1v) is 10.2. The number of hydrogen-bond acceptors (Lipinski definition) is 4. The molecule has 0 atom stereocenters. The van der Waals surface area contributed by atoms with E-state index in [2.05, 4.69) is 10.1 Å². The smallest absolute Gasteiger partial charge is 0.227 e. The average molecular weight is 415 g/mol. The van der Waals surface area contributed by atoms with Gasteiger partial charge in [0.25, 0.3) is 0 Å². The molecule has 156 valence electrons. The third-order valence-corrected chi connectivity index (χ3v) is 4.90. The van der Waals surface area contributed by atoms with E-state index < -0.39 is 0 Å². The van der Waals surface area contributed by atoms with Gasteiger partial charge < -0.3 is 9.42 Å². The number of anilines is 1. The van der Waals surface area contributed by atoms with Crippen molar-refractivity contribution in [2.24, 2.45) is 0 Å². The molecule has 0 unspecified atom stereocenters. The third-order valence-electron chi connectivity index (χ3n) is 4.90. The molecular formula is C25H22FN3O2. The Labute approximate surface area is 180 Å². The second kappa shape index (κ2) is 9.80. The van der Waals surface area contributed by atoms with Crippen LogP contribution in [0.15, 0.2) is 89.5 Å². The molecule has 0 bridgehead atoms. The van der Waals surface area contributed by atoms with Crippen molar-refractivity contribution in [3.8, 4) is 11.4 Å². The topological polar surface area (TPSA) is 59.2 Å². The molecule has 0 radical (unpaired) electrons. The minimum atomic E-state index is -0.315. The third kappa shape index (κ3) is 5.42. The van der Waals surface area contributed by atoms with Crippen LogP contribution in [0.25, 0.3) is 11.4 Å². The molecule has 0 saturated heterocycles. The number of hydrogen-bond donors (Lipinski definition) is 0. The quantitative estimate of drug-likeness (QED) is 0.385. The zero-order valence-corrected chi connectivity index (χ0v) is 16.9. The van der Waals surface area contributed by atoms with E-state index in [1.54, 1.807) is 17.0 Å². The van der Waals surface area contributed by atoms with Crippen LogP contribution in [0.1, 0.15) is 24.3 Å². The lowest BCUT2D eigenvalue weighted by Gasteiger charge is -2.23. The molecule has 0 fully saturated rings. The molecule has 5 nitrogen and oxygen atoms in total. The molecule has 0 aliphatic rings. The van der Waals surface area contributed by atoms with Gasteiger partial charge in [-0.3, -0.25) is 4.79 Å². The second-order valence-corrected chi connectivity index (χ2v) is 7.17. The van der Waals surface area contributed by atoms with Crippen molar-refractivity contribution >= 4 is 11.6 Å². The largest absolute Gasteiger partial charge is 0.339 e. The predicted octanol–water partition coefficient (Wildman–Crippen LogP) is 5.43. The molecule has 1 aromatic heterocycles. The van der Waals surface area contributed by atoms with Gasteiger partial charge in [0.05, 0.1) is 6.54 Å². The van der Waals surface area contributed by atoms with E-state index in [9.17, 15) is 9.18 Å². The standard InChI is InChI=1S/C25H22FN3O2/c26-21-16-14-20(15-17-21)25-27-23(31-28-25)12-7-13-24(30)29(22-10-5-2-6-11-22)18-19-8-3-1-4-9-19/h1-6,8-11,14-17H,7,12-13,18H2. The van der Waals surface area contributed by atoms with Gasteiger partial charge in [-0.25, -0.2) is 4.39 Å². The van der Waals surface area contributed by atoms with E-state index in [4.69, 9.17) is 4.52 Å². The van der Waals surface area contributed by atoms with Gasteiger partial charge in [-0.05, 0) is 48.4 Å². The first-order chi connectivity index (χ1) is 15.2. The number of aromatic nitrogens is 2. The van der Waals surface area contributed by atoms with Crippen LogP contribution in [0.5, 0.6) is 0 Å². The predicted molar refractivity (Wildman–Crippen MR) is 117 cm³/mol. The lowest BCUT2D eigenvalue weighted by molar-refractivity contribution is -0.118. The molecule has 3 aromatic carbocycles. The minimum absolute atomic E-state index is 0.0355. The zero-order chi connectivity index (χ0) is 21.5. The van der Waals surface area contributed by atoms with Crippen molar-refractivity contribution in [1.82, 2.24) is 10.1 Å². The summed E-state index contributed by atoms with van der Waals surface area (Å²) in [7, 11) is 0. The van der Waals surface area contributed by atoms with E-state index in [0.717, 1.165) is 11.3 Å². The highest BCUT2D eigenvalue weighted by Crippen LogP contribution is 2.20. The fraction of sp³-hybridized carbons (Fsp3) is 0.160. The number of benzene rings is 3. The highest BCUT2D eigenvalue weighted by atomic mass is 19.1. The molecule has 0 aliphatic heterocycles. The molecular weight excluding hydrogens is 393 g/mol. The maximum atomic E-state index is 13.1. The molecule has 0 N–H and O–H groups in total. The Morgan fingerprint density at radius 2 is 1.58 bits per heavy atom. The lowest BCUT2D eigenvalue weighted by atomic mass is 10.1. The van der Waals surface area contributed by atoms with Gasteiger partial charge >= 0.3 is 0 Å². The molecule has 6 heteroatoms.